The van der Waals surface area contributed by atoms with Gasteiger partial charge in [0.25, 0.3) is 0 Å². The second-order valence-corrected chi connectivity index (χ2v) is 9.24. The fourth-order valence-electron chi connectivity index (χ4n) is 4.50. The van der Waals surface area contributed by atoms with Gasteiger partial charge in [-0.2, -0.15) is 14.4 Å². The predicted octanol–water partition coefficient (Wildman–Crippen LogP) is 2.98. The molecule has 0 bridgehead atoms. The van der Waals surface area contributed by atoms with Gasteiger partial charge in [-0.05, 0) is 31.1 Å². The first-order chi connectivity index (χ1) is 17.8. The molecule has 4 rings (SSSR count). The van der Waals surface area contributed by atoms with Crippen molar-refractivity contribution in [2.75, 3.05) is 50.1 Å². The Morgan fingerprint density at radius 2 is 1.95 bits per heavy atom. The molecule has 2 aliphatic heterocycles. The quantitative estimate of drug-likeness (QED) is 0.404. The third-order valence-electron chi connectivity index (χ3n) is 6.84. The van der Waals surface area contributed by atoms with Crippen LogP contribution in [0.5, 0.6) is 0 Å². The van der Waals surface area contributed by atoms with Crippen LogP contribution in [-0.2, 0) is 20.8 Å². The number of ether oxygens (including phenoxy) is 2. The van der Waals surface area contributed by atoms with Gasteiger partial charge < -0.3 is 19.7 Å². The van der Waals surface area contributed by atoms with Crippen molar-refractivity contribution in [3.63, 3.8) is 0 Å². The highest BCUT2D eigenvalue weighted by molar-refractivity contribution is 5.89. The van der Waals surface area contributed by atoms with Crippen molar-refractivity contribution in [3.8, 4) is 0 Å². The summed E-state index contributed by atoms with van der Waals surface area (Å²) in [7, 11) is 1.54. The number of aromatic nitrogens is 2. The number of nitrogens with zero attached hydrogens (tertiary/aromatic N) is 5. The first-order valence-electron chi connectivity index (χ1n) is 12.3. The molecule has 37 heavy (non-hydrogen) atoms. The first-order valence-corrected chi connectivity index (χ1v) is 12.3. The number of carbonyl (C=O) groups is 2. The van der Waals surface area contributed by atoms with Crippen LogP contribution >= 0.6 is 0 Å². The maximum atomic E-state index is 14.4. The van der Waals surface area contributed by atoms with E-state index in [9.17, 15) is 14.0 Å². The average Bonchev–Trinajstić information content (AvgIpc) is 3.29. The normalized spacial score (nSPS) is 19.9. The van der Waals surface area contributed by atoms with Gasteiger partial charge in [0.2, 0.25) is 17.8 Å². The van der Waals surface area contributed by atoms with Crippen molar-refractivity contribution in [1.82, 2.24) is 19.8 Å². The molecule has 1 aromatic heterocycles. The van der Waals surface area contributed by atoms with Crippen LogP contribution in [0.3, 0.4) is 0 Å². The van der Waals surface area contributed by atoms with Crippen molar-refractivity contribution in [2.45, 2.75) is 38.6 Å². The van der Waals surface area contributed by atoms with E-state index >= 15 is 0 Å². The molecule has 0 spiro atoms. The van der Waals surface area contributed by atoms with Crippen LogP contribution in [0.1, 0.15) is 31.0 Å². The molecular weight excluding hydrogens is 479 g/mol. The molecule has 198 valence electrons. The summed E-state index contributed by atoms with van der Waals surface area (Å²) in [6.45, 7) is 11.2. The van der Waals surface area contributed by atoms with Crippen molar-refractivity contribution >= 4 is 23.8 Å². The zero-order valence-electron chi connectivity index (χ0n) is 21.4. The predicted molar refractivity (Wildman–Crippen MR) is 137 cm³/mol. The number of methoxy groups -OCH3 is 1. The van der Waals surface area contributed by atoms with E-state index in [2.05, 4.69) is 38.9 Å². The first kappa shape index (κ1) is 26.5. The molecule has 2 saturated heterocycles. The van der Waals surface area contributed by atoms with Crippen LogP contribution in [0, 0.1) is 5.95 Å². The van der Waals surface area contributed by atoms with Crippen molar-refractivity contribution in [2.24, 2.45) is 0 Å². The number of anilines is 2. The molecular formula is C26H33FN6O4. The molecule has 11 heteroatoms. The van der Waals surface area contributed by atoms with Crippen molar-refractivity contribution < 1.29 is 23.5 Å². The van der Waals surface area contributed by atoms with E-state index in [0.717, 1.165) is 36.8 Å². The Hall–Kier alpha value is -3.57. The van der Waals surface area contributed by atoms with Gasteiger partial charge in [0.15, 0.2) is 0 Å². The fourth-order valence-corrected chi connectivity index (χ4v) is 4.50. The molecule has 2 fully saturated rings. The number of carbonyl (C=O) groups excluding carboxylic acids is 2. The largest absolute Gasteiger partial charge is 0.447 e. The van der Waals surface area contributed by atoms with E-state index in [1.165, 1.54) is 11.0 Å². The molecule has 0 aliphatic carbocycles. The summed E-state index contributed by atoms with van der Waals surface area (Å²) in [6.07, 6.45) is 0.435. The number of cyclic esters (lactones) is 1. The van der Waals surface area contributed by atoms with Gasteiger partial charge in [-0.3, -0.25) is 14.6 Å². The number of rotatable bonds is 9. The summed E-state index contributed by atoms with van der Waals surface area (Å²) in [6, 6.07) is 8.62. The van der Waals surface area contributed by atoms with Crippen LogP contribution in [0.15, 0.2) is 43.0 Å². The minimum absolute atomic E-state index is 0.0235. The Bertz CT molecular complexity index is 1120. The Morgan fingerprint density at radius 3 is 2.59 bits per heavy atom. The van der Waals surface area contributed by atoms with Gasteiger partial charge in [-0.15, -0.1) is 0 Å². The van der Waals surface area contributed by atoms with Gasteiger partial charge in [0.1, 0.15) is 18.5 Å². The van der Waals surface area contributed by atoms with Crippen LogP contribution in [0.2, 0.25) is 0 Å². The Kier molecular flexibility index (Phi) is 8.34. The highest BCUT2D eigenvalue weighted by Gasteiger charge is 2.39. The van der Waals surface area contributed by atoms with E-state index in [1.54, 1.807) is 7.11 Å². The van der Waals surface area contributed by atoms with Crippen molar-refractivity contribution in [3.05, 3.63) is 60.1 Å². The van der Waals surface area contributed by atoms with Crippen LogP contribution in [-0.4, -0.2) is 83.8 Å². The van der Waals surface area contributed by atoms with Crippen LogP contribution in [0.4, 0.5) is 21.0 Å². The topological polar surface area (TPSA) is 100 Å². The smallest absolute Gasteiger partial charge is 0.416 e. The summed E-state index contributed by atoms with van der Waals surface area (Å²) in [4.78, 5) is 37.8. The third kappa shape index (κ3) is 6.23. The highest BCUT2D eigenvalue weighted by atomic mass is 19.1. The maximum Gasteiger partial charge on any atom is 0.416 e. The highest BCUT2D eigenvalue weighted by Crippen LogP contribution is 2.26. The summed E-state index contributed by atoms with van der Waals surface area (Å²) < 4.78 is 24.9. The van der Waals surface area contributed by atoms with Gasteiger partial charge in [0.05, 0.1) is 12.1 Å². The average molecular weight is 513 g/mol. The molecule has 0 unspecified atom stereocenters. The molecule has 0 radical (unpaired) electrons. The van der Waals surface area contributed by atoms with Gasteiger partial charge >= 0.3 is 6.09 Å². The number of hydrogen-bond acceptors (Lipinski definition) is 8. The van der Waals surface area contributed by atoms with E-state index < -0.39 is 18.1 Å². The summed E-state index contributed by atoms with van der Waals surface area (Å²) >= 11 is 0. The molecule has 0 saturated carbocycles. The molecule has 2 aliphatic rings. The maximum absolute atomic E-state index is 14.4. The molecule has 2 aromatic rings. The molecule has 1 aromatic carbocycles. The number of hydrogen-bond donors (Lipinski definition) is 1. The van der Waals surface area contributed by atoms with Gasteiger partial charge in [0, 0.05) is 45.9 Å². The molecule has 1 N–H and O–H groups in total. The summed E-state index contributed by atoms with van der Waals surface area (Å²) in [5.41, 5.74) is 2.14. The van der Waals surface area contributed by atoms with Crippen molar-refractivity contribution in [1.29, 1.82) is 0 Å². The number of amides is 2. The van der Waals surface area contributed by atoms with Crippen LogP contribution < -0.4 is 10.2 Å². The van der Waals surface area contributed by atoms with E-state index in [-0.39, 0.29) is 36.4 Å². The Balaban J connectivity index is 1.39. The van der Waals surface area contributed by atoms with Gasteiger partial charge in [-0.1, -0.05) is 30.8 Å². The Morgan fingerprint density at radius 1 is 1.24 bits per heavy atom. The second kappa shape index (κ2) is 11.7. The Labute approximate surface area is 216 Å². The van der Waals surface area contributed by atoms with E-state index in [1.807, 2.05) is 30.9 Å². The molecule has 3 atom stereocenters. The SMILES string of the molecule is C=CC(=O)N1CCN(Cc2ccc([C@H](C)Nc3nc(F)cc(N4C(=O)OC[C@@H]4[C@@H](C)OC)n3)cc2)CC1. The second-order valence-electron chi connectivity index (χ2n) is 9.24. The zero-order chi connectivity index (χ0) is 26.5. The number of nitrogens with one attached hydrogen (secondary N) is 1. The molecule has 3 heterocycles. The monoisotopic (exact) mass is 512 g/mol. The fraction of sp³-hybridized carbons (Fsp3) is 0.462. The standard InChI is InChI=1S/C26H33FN6O4/c1-5-24(34)32-12-10-31(11-13-32)15-19-6-8-20(9-7-19)17(2)28-25-29-22(27)14-23(30-25)33-21(18(3)36-4)16-37-26(33)35/h5-9,14,17-18,21H,1,10-13,15-16H2,2-4H3,(H,28,29,30)/t17-,18+,21+/m0/s1. The lowest BCUT2D eigenvalue weighted by Crippen LogP contribution is -2.47. The van der Waals surface area contributed by atoms with E-state index in [4.69, 9.17) is 9.47 Å². The van der Waals surface area contributed by atoms with Gasteiger partial charge in [-0.25, -0.2) is 4.79 Å². The lowest BCUT2D eigenvalue weighted by molar-refractivity contribution is -0.127. The zero-order valence-corrected chi connectivity index (χ0v) is 21.4. The van der Waals surface area contributed by atoms with Crippen LogP contribution in [0.25, 0.3) is 0 Å². The third-order valence-corrected chi connectivity index (χ3v) is 6.84. The summed E-state index contributed by atoms with van der Waals surface area (Å²) in [5.74, 6) is -0.594. The van der Waals surface area contributed by atoms with E-state index in [0.29, 0.717) is 13.1 Å². The minimum atomic E-state index is -0.756. The lowest BCUT2D eigenvalue weighted by Gasteiger charge is -2.34. The number of halogens is 1. The number of piperazine rings is 1. The molecule has 10 nitrogen and oxygen atoms in total. The minimum Gasteiger partial charge on any atom is -0.447 e. The number of benzene rings is 1. The lowest BCUT2D eigenvalue weighted by atomic mass is 10.1. The summed E-state index contributed by atoms with van der Waals surface area (Å²) in [5, 5.41) is 3.13. The molecule has 2 amide bonds.